The maximum atomic E-state index is 6.47. The summed E-state index contributed by atoms with van der Waals surface area (Å²) in [7, 11) is 0. The number of nitrogens with zero attached hydrogens (tertiary/aromatic N) is 9. The van der Waals surface area contributed by atoms with Crippen LogP contribution in [0.1, 0.15) is 49.2 Å². The van der Waals surface area contributed by atoms with Crippen LogP contribution in [-0.2, 0) is 23.6 Å². The normalized spacial score (nSPS) is 22.2. The first-order valence-electron chi connectivity index (χ1n) is 14.5. The molecule has 1 aromatic carbocycles. The smallest absolute Gasteiger partial charge is 0.292 e. The summed E-state index contributed by atoms with van der Waals surface area (Å²) in [6, 6.07) is 11.7. The zero-order valence-corrected chi connectivity index (χ0v) is 24.2. The van der Waals surface area contributed by atoms with E-state index >= 15 is 0 Å². The minimum Gasteiger partial charge on any atom is -0.443 e. The van der Waals surface area contributed by atoms with Crippen molar-refractivity contribution in [3.05, 3.63) is 64.7 Å². The maximum absolute atomic E-state index is 6.47. The van der Waals surface area contributed by atoms with E-state index in [4.69, 9.17) is 30.8 Å². The molecular weight excluding hydrogens is 572 g/mol. The zero-order valence-electron chi connectivity index (χ0n) is 23.5. The van der Waals surface area contributed by atoms with Crippen molar-refractivity contribution in [1.82, 2.24) is 50.3 Å². The number of nitrogens with one attached hydrogen (secondary N) is 1. The molecule has 8 rings (SSSR count). The molecule has 3 aliphatic rings. The standard InChI is InChI=1S/C29H29ClN10O3/c1-29(24-6-5-18(30)14-31-24)42-23-4-2-3-20(26(23)43-29)17-7-10-39(11-8-17)16-25-32-22-13-21(27-34-37-38-35-27)33-36-28(22)40(25)15-19-9-12-41-19/h2-6,13-14,17,19H,7-12,15-16H2,1H3,(H,34,35,37,38)/t19-,29-/m0/s1. The summed E-state index contributed by atoms with van der Waals surface area (Å²) in [4.78, 5) is 11.9. The Morgan fingerprint density at radius 3 is 2.70 bits per heavy atom. The quantitative estimate of drug-likeness (QED) is 0.291. The second-order valence-corrected chi connectivity index (χ2v) is 11.8. The van der Waals surface area contributed by atoms with Gasteiger partial charge in [-0.1, -0.05) is 23.7 Å². The molecule has 3 aliphatic heterocycles. The van der Waals surface area contributed by atoms with E-state index in [2.05, 4.69) is 51.3 Å². The first kappa shape index (κ1) is 26.4. The lowest BCUT2D eigenvalue weighted by molar-refractivity contribution is -0.0722. The van der Waals surface area contributed by atoms with Gasteiger partial charge in [0.25, 0.3) is 5.79 Å². The Hall–Kier alpha value is -4.20. The number of halogens is 1. The molecule has 2 atom stereocenters. The van der Waals surface area contributed by atoms with E-state index in [1.165, 1.54) is 5.56 Å². The number of tetrazole rings is 1. The number of hydrogen-bond acceptors (Lipinski definition) is 11. The van der Waals surface area contributed by atoms with Gasteiger partial charge in [-0.05, 0) is 73.0 Å². The van der Waals surface area contributed by atoms with E-state index in [9.17, 15) is 0 Å². The Balaban J connectivity index is 0.995. The van der Waals surface area contributed by atoms with E-state index in [1.54, 1.807) is 12.3 Å². The van der Waals surface area contributed by atoms with Gasteiger partial charge in [-0.3, -0.25) is 9.88 Å². The van der Waals surface area contributed by atoms with E-state index in [0.717, 1.165) is 67.4 Å². The minimum absolute atomic E-state index is 0.165. The molecule has 2 fully saturated rings. The molecule has 220 valence electrons. The molecule has 0 aliphatic carbocycles. The first-order valence-corrected chi connectivity index (χ1v) is 14.8. The van der Waals surface area contributed by atoms with Crippen LogP contribution in [0, 0.1) is 0 Å². The lowest BCUT2D eigenvalue weighted by Gasteiger charge is -2.33. The van der Waals surface area contributed by atoms with Gasteiger partial charge in [-0.25, -0.2) is 10.1 Å². The van der Waals surface area contributed by atoms with Gasteiger partial charge in [0.05, 0.1) is 24.2 Å². The zero-order chi connectivity index (χ0) is 29.0. The summed E-state index contributed by atoms with van der Waals surface area (Å²) in [5.74, 6) is 2.31. The Labute approximate surface area is 251 Å². The van der Waals surface area contributed by atoms with Gasteiger partial charge in [0.2, 0.25) is 0 Å². The van der Waals surface area contributed by atoms with Crippen LogP contribution in [-0.4, -0.2) is 76.1 Å². The number of likely N-dealkylation sites (tertiary alicyclic amines) is 1. The summed E-state index contributed by atoms with van der Waals surface area (Å²) >= 11 is 6.06. The van der Waals surface area contributed by atoms with Crippen molar-refractivity contribution in [2.24, 2.45) is 0 Å². The van der Waals surface area contributed by atoms with Crippen molar-refractivity contribution < 1.29 is 14.2 Å². The Bertz CT molecular complexity index is 1770. The molecule has 13 nitrogen and oxygen atoms in total. The predicted octanol–water partition coefficient (Wildman–Crippen LogP) is 3.87. The Morgan fingerprint density at radius 1 is 1.07 bits per heavy atom. The number of piperidine rings is 1. The predicted molar refractivity (Wildman–Crippen MR) is 154 cm³/mol. The molecule has 0 amide bonds. The number of imidazole rings is 1. The highest BCUT2D eigenvalue weighted by atomic mass is 35.5. The van der Waals surface area contributed by atoms with Crippen LogP contribution in [0.4, 0.5) is 0 Å². The molecule has 0 saturated carbocycles. The number of para-hydroxylation sites is 1. The van der Waals surface area contributed by atoms with Crippen LogP contribution >= 0.6 is 11.6 Å². The van der Waals surface area contributed by atoms with Gasteiger partial charge in [-0.2, -0.15) is 0 Å². The lowest BCUT2D eigenvalue weighted by atomic mass is 9.88. The van der Waals surface area contributed by atoms with Gasteiger partial charge in [0, 0.05) is 25.3 Å². The fraction of sp³-hybridized carbons (Fsp3) is 0.414. The number of hydrogen-bond donors (Lipinski definition) is 1. The molecule has 4 aromatic heterocycles. The van der Waals surface area contributed by atoms with Crippen molar-refractivity contribution >= 4 is 22.8 Å². The topological polar surface area (TPSA) is 142 Å². The number of benzene rings is 1. The van der Waals surface area contributed by atoms with Gasteiger partial charge in [0.15, 0.2) is 23.0 Å². The highest BCUT2D eigenvalue weighted by Gasteiger charge is 2.42. The van der Waals surface area contributed by atoms with Crippen LogP contribution in [0.15, 0.2) is 42.6 Å². The molecule has 0 spiro atoms. The van der Waals surface area contributed by atoms with Crippen LogP contribution < -0.4 is 9.47 Å². The van der Waals surface area contributed by atoms with Crippen molar-refractivity contribution in [1.29, 1.82) is 0 Å². The Kier molecular flexibility index (Phi) is 6.46. The van der Waals surface area contributed by atoms with Gasteiger partial charge in [0.1, 0.15) is 22.7 Å². The lowest BCUT2D eigenvalue weighted by Crippen LogP contribution is -2.35. The van der Waals surface area contributed by atoms with E-state index in [-0.39, 0.29) is 6.10 Å². The summed E-state index contributed by atoms with van der Waals surface area (Å²) in [5.41, 5.74) is 3.92. The maximum Gasteiger partial charge on any atom is 0.292 e. The average molecular weight is 601 g/mol. The molecule has 1 N–H and O–H groups in total. The van der Waals surface area contributed by atoms with E-state index in [1.807, 2.05) is 31.2 Å². The third kappa shape index (κ3) is 4.86. The van der Waals surface area contributed by atoms with Crippen molar-refractivity contribution in [3.63, 3.8) is 0 Å². The molecule has 0 bridgehead atoms. The third-order valence-corrected chi connectivity index (χ3v) is 8.76. The number of fused-ring (bicyclic) bond motifs is 2. The van der Waals surface area contributed by atoms with E-state index < -0.39 is 5.79 Å². The minimum atomic E-state index is -1.00. The van der Waals surface area contributed by atoms with Crippen LogP contribution in [0.2, 0.25) is 5.02 Å². The fourth-order valence-electron chi connectivity index (χ4n) is 6.12. The summed E-state index contributed by atoms with van der Waals surface area (Å²) in [6.07, 6.45) is 4.79. The van der Waals surface area contributed by atoms with Crippen molar-refractivity contribution in [2.75, 3.05) is 19.7 Å². The molecular formula is C29H29ClN10O3. The highest BCUT2D eigenvalue weighted by Crippen LogP contribution is 2.49. The van der Waals surface area contributed by atoms with E-state index in [0.29, 0.717) is 41.2 Å². The molecule has 43 heavy (non-hydrogen) atoms. The number of rotatable bonds is 7. The van der Waals surface area contributed by atoms with Gasteiger partial charge in [-0.15, -0.1) is 15.3 Å². The highest BCUT2D eigenvalue weighted by molar-refractivity contribution is 6.30. The third-order valence-electron chi connectivity index (χ3n) is 8.54. The molecule has 14 heteroatoms. The summed E-state index contributed by atoms with van der Waals surface area (Å²) in [6.45, 7) is 5.95. The fourth-order valence-corrected chi connectivity index (χ4v) is 6.23. The number of ether oxygens (including phenoxy) is 3. The molecule has 0 radical (unpaired) electrons. The van der Waals surface area contributed by atoms with Crippen LogP contribution in [0.5, 0.6) is 11.5 Å². The molecule has 2 saturated heterocycles. The second kappa shape index (κ2) is 10.5. The Morgan fingerprint density at radius 2 is 1.95 bits per heavy atom. The molecule has 5 aromatic rings. The van der Waals surface area contributed by atoms with Crippen molar-refractivity contribution in [3.8, 4) is 23.0 Å². The SMILES string of the molecule is C[C@]1(c2ccc(Cl)cn2)Oc2cccc(C3CCN(Cc4nc5cc(-c6nnn[nH]6)nnc5n4C[C@@H]4CCO4)CC3)c2O1. The first-order chi connectivity index (χ1) is 21.0. The average Bonchev–Trinajstić information content (AvgIpc) is 3.73. The molecule has 7 heterocycles. The van der Waals surface area contributed by atoms with Crippen LogP contribution in [0.3, 0.4) is 0 Å². The van der Waals surface area contributed by atoms with Gasteiger partial charge < -0.3 is 18.8 Å². The molecule has 0 unspecified atom stereocenters. The summed E-state index contributed by atoms with van der Waals surface area (Å²) in [5, 5.41) is 23.4. The second-order valence-electron chi connectivity index (χ2n) is 11.3. The monoisotopic (exact) mass is 600 g/mol. The summed E-state index contributed by atoms with van der Waals surface area (Å²) < 4.78 is 20.7. The number of pyridine rings is 1. The number of aromatic nitrogens is 9. The largest absolute Gasteiger partial charge is 0.443 e. The van der Waals surface area contributed by atoms with Crippen LogP contribution in [0.25, 0.3) is 22.7 Å². The number of H-pyrrole nitrogens is 1. The number of aromatic amines is 1. The van der Waals surface area contributed by atoms with Gasteiger partial charge >= 0.3 is 0 Å². The van der Waals surface area contributed by atoms with Crippen molar-refractivity contribution in [2.45, 2.75) is 57.1 Å².